The molecule has 29 heavy (non-hydrogen) atoms. The Morgan fingerprint density at radius 3 is 2.59 bits per heavy atom. The van der Waals surface area contributed by atoms with Crippen LogP contribution in [0.1, 0.15) is 36.3 Å². The van der Waals surface area contributed by atoms with Gasteiger partial charge in [-0.1, -0.05) is 42.5 Å². The molecule has 3 aromatic rings. The van der Waals surface area contributed by atoms with Crippen LogP contribution in [0.3, 0.4) is 0 Å². The van der Waals surface area contributed by atoms with Gasteiger partial charge in [0.15, 0.2) is 17.3 Å². The predicted octanol–water partition coefficient (Wildman–Crippen LogP) is 5.42. The number of anilines is 1. The van der Waals surface area contributed by atoms with E-state index < -0.39 is 0 Å². The van der Waals surface area contributed by atoms with Crippen molar-refractivity contribution in [1.29, 1.82) is 0 Å². The lowest BCUT2D eigenvalue weighted by atomic mass is 9.75. The van der Waals surface area contributed by atoms with Crippen LogP contribution in [0.5, 0.6) is 11.5 Å². The van der Waals surface area contributed by atoms with Crippen molar-refractivity contribution in [1.82, 2.24) is 0 Å². The van der Waals surface area contributed by atoms with Crippen LogP contribution < -0.4 is 14.8 Å². The summed E-state index contributed by atoms with van der Waals surface area (Å²) in [5.74, 6) is 1.49. The lowest BCUT2D eigenvalue weighted by Gasteiger charge is -2.35. The first-order chi connectivity index (χ1) is 14.2. The zero-order valence-corrected chi connectivity index (χ0v) is 16.6. The molecule has 2 aliphatic rings. The zero-order chi connectivity index (χ0) is 20.0. The molecule has 4 nitrogen and oxygen atoms in total. The summed E-state index contributed by atoms with van der Waals surface area (Å²) in [6.07, 6.45) is 2.39. The standard InChI is InChI=1S/C25H23NO3/c1-28-21-13-11-16(14-22(21)29-2)23-18-12-10-15-6-3-4-7-17(15)25(18)26-19-8-5-9-20(27)24(19)23/h3-4,6-7,10-14,23,26H,5,8-9H2,1-2H3. The number of nitrogens with one attached hydrogen (secondary N) is 1. The van der Waals surface area contributed by atoms with E-state index >= 15 is 0 Å². The van der Waals surface area contributed by atoms with Crippen molar-refractivity contribution in [3.63, 3.8) is 0 Å². The molecule has 1 atom stereocenters. The molecular formula is C25H23NO3. The highest BCUT2D eigenvalue weighted by atomic mass is 16.5. The van der Waals surface area contributed by atoms with Crippen LogP contribution in [0.15, 0.2) is 65.9 Å². The van der Waals surface area contributed by atoms with Crippen molar-refractivity contribution >= 4 is 22.2 Å². The van der Waals surface area contributed by atoms with Crippen LogP contribution >= 0.6 is 0 Å². The maximum absolute atomic E-state index is 13.0. The third kappa shape index (κ3) is 2.79. The average molecular weight is 385 g/mol. The minimum atomic E-state index is -0.113. The van der Waals surface area contributed by atoms with Gasteiger partial charge in [-0.15, -0.1) is 0 Å². The van der Waals surface area contributed by atoms with Gasteiger partial charge in [-0.05, 0) is 41.5 Å². The second-order valence-corrected chi connectivity index (χ2v) is 7.59. The molecule has 5 rings (SSSR count). The van der Waals surface area contributed by atoms with E-state index in [9.17, 15) is 4.79 Å². The molecule has 0 saturated heterocycles. The SMILES string of the molecule is COc1ccc(C2C3=C(CCCC3=O)Nc3c2ccc2ccccc32)cc1OC. The number of fused-ring (bicyclic) bond motifs is 3. The molecule has 1 N–H and O–H groups in total. The molecule has 1 aliphatic carbocycles. The summed E-state index contributed by atoms with van der Waals surface area (Å²) in [4.78, 5) is 13.0. The van der Waals surface area contributed by atoms with Crippen molar-refractivity contribution in [2.24, 2.45) is 0 Å². The molecule has 0 amide bonds. The molecule has 1 unspecified atom stereocenters. The lowest BCUT2D eigenvalue weighted by molar-refractivity contribution is -0.116. The monoisotopic (exact) mass is 385 g/mol. The van der Waals surface area contributed by atoms with Crippen LogP contribution in [0, 0.1) is 0 Å². The summed E-state index contributed by atoms with van der Waals surface area (Å²) in [6, 6.07) is 18.6. The fourth-order valence-electron chi connectivity index (χ4n) is 4.68. The van der Waals surface area contributed by atoms with E-state index in [1.165, 1.54) is 10.8 Å². The van der Waals surface area contributed by atoms with E-state index in [2.05, 4.69) is 41.7 Å². The summed E-state index contributed by atoms with van der Waals surface area (Å²) in [5, 5.41) is 6.00. The van der Waals surface area contributed by atoms with E-state index in [0.717, 1.165) is 40.9 Å². The van der Waals surface area contributed by atoms with Gasteiger partial charge in [0.25, 0.3) is 0 Å². The minimum absolute atomic E-state index is 0.113. The van der Waals surface area contributed by atoms with Gasteiger partial charge in [0.2, 0.25) is 0 Å². The molecule has 0 saturated carbocycles. The van der Waals surface area contributed by atoms with Crippen molar-refractivity contribution in [2.45, 2.75) is 25.2 Å². The number of carbonyl (C=O) groups is 1. The molecule has 3 aromatic carbocycles. The molecule has 0 fully saturated rings. The predicted molar refractivity (Wildman–Crippen MR) is 115 cm³/mol. The molecule has 1 aliphatic heterocycles. The van der Waals surface area contributed by atoms with E-state index in [4.69, 9.17) is 9.47 Å². The lowest BCUT2D eigenvalue weighted by Crippen LogP contribution is -2.27. The van der Waals surface area contributed by atoms with Gasteiger partial charge in [-0.3, -0.25) is 4.79 Å². The molecule has 1 heterocycles. The number of hydrogen-bond donors (Lipinski definition) is 1. The van der Waals surface area contributed by atoms with Gasteiger partial charge in [0.05, 0.1) is 19.9 Å². The average Bonchev–Trinajstić information content (AvgIpc) is 2.77. The smallest absolute Gasteiger partial charge is 0.161 e. The molecule has 0 aromatic heterocycles. The maximum atomic E-state index is 13.0. The second-order valence-electron chi connectivity index (χ2n) is 7.59. The number of hydrogen-bond acceptors (Lipinski definition) is 4. The van der Waals surface area contributed by atoms with Crippen LogP contribution in [0.4, 0.5) is 5.69 Å². The highest BCUT2D eigenvalue weighted by Crippen LogP contribution is 2.48. The van der Waals surface area contributed by atoms with Crippen molar-refractivity contribution in [3.8, 4) is 11.5 Å². The first-order valence-corrected chi connectivity index (χ1v) is 9.98. The summed E-state index contributed by atoms with van der Waals surface area (Å²) < 4.78 is 11.0. The number of ketones is 1. The summed E-state index contributed by atoms with van der Waals surface area (Å²) in [6.45, 7) is 0. The largest absolute Gasteiger partial charge is 0.493 e. The molecule has 0 radical (unpaired) electrons. The van der Waals surface area contributed by atoms with E-state index in [0.29, 0.717) is 17.9 Å². The molecular weight excluding hydrogens is 362 g/mol. The van der Waals surface area contributed by atoms with Crippen LogP contribution in [0.25, 0.3) is 10.8 Å². The van der Waals surface area contributed by atoms with Crippen molar-refractivity contribution in [2.75, 3.05) is 19.5 Å². The van der Waals surface area contributed by atoms with Gasteiger partial charge < -0.3 is 14.8 Å². The Balaban J connectivity index is 1.77. The van der Waals surface area contributed by atoms with Crippen molar-refractivity contribution in [3.05, 3.63) is 77.0 Å². The Bertz CT molecular complexity index is 1160. The Morgan fingerprint density at radius 1 is 0.931 bits per heavy atom. The first kappa shape index (κ1) is 17.8. The topological polar surface area (TPSA) is 47.6 Å². The third-order valence-electron chi connectivity index (χ3n) is 6.03. The normalized spacial score (nSPS) is 18.1. The Hall–Kier alpha value is -3.27. The number of allylic oxidation sites excluding steroid dienone is 2. The summed E-state index contributed by atoms with van der Waals surface area (Å²) >= 11 is 0. The Kier molecular flexibility index (Phi) is 4.27. The molecule has 0 bridgehead atoms. The summed E-state index contributed by atoms with van der Waals surface area (Å²) in [5.41, 5.74) is 5.24. The Labute approximate surface area is 170 Å². The van der Waals surface area contributed by atoms with Crippen LogP contribution in [-0.4, -0.2) is 20.0 Å². The number of benzene rings is 3. The highest BCUT2D eigenvalue weighted by molar-refractivity contribution is 6.04. The van der Waals surface area contributed by atoms with Gasteiger partial charge in [-0.2, -0.15) is 0 Å². The quantitative estimate of drug-likeness (QED) is 0.654. The number of rotatable bonds is 3. The molecule has 4 heteroatoms. The van der Waals surface area contributed by atoms with E-state index in [1.54, 1.807) is 14.2 Å². The van der Waals surface area contributed by atoms with E-state index in [-0.39, 0.29) is 11.7 Å². The Morgan fingerprint density at radius 2 is 1.76 bits per heavy atom. The van der Waals surface area contributed by atoms with Gasteiger partial charge in [-0.25, -0.2) is 0 Å². The first-order valence-electron chi connectivity index (χ1n) is 9.98. The zero-order valence-electron chi connectivity index (χ0n) is 16.6. The highest BCUT2D eigenvalue weighted by Gasteiger charge is 2.36. The third-order valence-corrected chi connectivity index (χ3v) is 6.03. The maximum Gasteiger partial charge on any atom is 0.161 e. The fraction of sp³-hybridized carbons (Fsp3) is 0.240. The number of ether oxygens (including phenoxy) is 2. The van der Waals surface area contributed by atoms with Crippen LogP contribution in [0.2, 0.25) is 0 Å². The second kappa shape index (κ2) is 6.96. The van der Waals surface area contributed by atoms with Gasteiger partial charge in [0.1, 0.15) is 0 Å². The van der Waals surface area contributed by atoms with Crippen molar-refractivity contribution < 1.29 is 14.3 Å². The van der Waals surface area contributed by atoms with Gasteiger partial charge in [0, 0.05) is 29.0 Å². The van der Waals surface area contributed by atoms with E-state index in [1.807, 2.05) is 18.2 Å². The molecule has 0 spiro atoms. The minimum Gasteiger partial charge on any atom is -0.493 e. The van der Waals surface area contributed by atoms with Crippen LogP contribution in [-0.2, 0) is 4.79 Å². The summed E-state index contributed by atoms with van der Waals surface area (Å²) in [7, 11) is 3.27. The van der Waals surface area contributed by atoms with Gasteiger partial charge >= 0.3 is 0 Å². The fourth-order valence-corrected chi connectivity index (χ4v) is 4.68. The number of carbonyl (C=O) groups excluding carboxylic acids is 1. The number of Topliss-reactive ketones (excluding diaryl/α,β-unsaturated/α-hetero) is 1. The molecule has 146 valence electrons. The number of methoxy groups -OCH3 is 2.